The van der Waals surface area contributed by atoms with Gasteiger partial charge in [0.05, 0.1) is 5.56 Å². The summed E-state index contributed by atoms with van der Waals surface area (Å²) in [5.41, 5.74) is 0.757. The molecule has 0 atom stereocenters. The van der Waals surface area contributed by atoms with E-state index >= 15 is 0 Å². The van der Waals surface area contributed by atoms with Crippen LogP contribution in [0.25, 0.3) is 0 Å². The fourth-order valence-electron chi connectivity index (χ4n) is 2.41. The second kappa shape index (κ2) is 8.31. The summed E-state index contributed by atoms with van der Waals surface area (Å²) in [4.78, 5) is 13.4. The molecule has 0 saturated heterocycles. The molecule has 0 bridgehead atoms. The summed E-state index contributed by atoms with van der Waals surface area (Å²) in [6.07, 6.45) is -4.45. The number of carbonyl (C=O) groups is 1. The summed E-state index contributed by atoms with van der Waals surface area (Å²) < 4.78 is 38.3. The van der Waals surface area contributed by atoms with E-state index in [2.05, 4.69) is 5.32 Å². The Morgan fingerprint density at radius 1 is 0.889 bits per heavy atom. The summed E-state index contributed by atoms with van der Waals surface area (Å²) in [7, 11) is 0. The van der Waals surface area contributed by atoms with E-state index < -0.39 is 17.6 Å². The number of rotatable bonds is 5. The molecule has 0 saturated carbocycles. The minimum absolute atomic E-state index is 0.110. The average molecular weight is 387 g/mol. The van der Waals surface area contributed by atoms with Crippen molar-refractivity contribution < 1.29 is 18.0 Å². The van der Waals surface area contributed by atoms with E-state index in [0.717, 1.165) is 28.3 Å². The molecule has 1 amide bonds. The van der Waals surface area contributed by atoms with Gasteiger partial charge < -0.3 is 5.32 Å². The van der Waals surface area contributed by atoms with Crippen molar-refractivity contribution in [2.45, 2.75) is 16.8 Å². The topological polar surface area (TPSA) is 29.1 Å². The van der Waals surface area contributed by atoms with Crippen LogP contribution in [-0.2, 0) is 11.9 Å². The van der Waals surface area contributed by atoms with E-state index in [1.165, 1.54) is 12.1 Å². The van der Waals surface area contributed by atoms with E-state index in [9.17, 15) is 18.0 Å². The second-order valence-corrected chi connectivity index (χ2v) is 6.88. The lowest BCUT2D eigenvalue weighted by atomic mass is 10.1. The van der Waals surface area contributed by atoms with Gasteiger partial charge in [-0.3, -0.25) is 4.79 Å². The summed E-state index contributed by atoms with van der Waals surface area (Å²) >= 11 is 1.69. The molecule has 0 aliphatic heterocycles. The van der Waals surface area contributed by atoms with E-state index in [1.807, 2.05) is 42.5 Å². The molecule has 1 N–H and O–H groups in total. The highest BCUT2D eigenvalue weighted by Crippen LogP contribution is 2.30. The third-order valence-corrected chi connectivity index (χ3v) is 4.90. The van der Waals surface area contributed by atoms with Gasteiger partial charge in [-0.15, -0.1) is 11.8 Å². The monoisotopic (exact) mass is 387 g/mol. The number of hydrogen-bond donors (Lipinski definition) is 1. The molecule has 3 aromatic rings. The molecule has 0 spiro atoms. The van der Waals surface area contributed by atoms with Crippen molar-refractivity contribution in [2.75, 3.05) is 5.32 Å². The molecule has 0 aromatic heterocycles. The lowest BCUT2D eigenvalue weighted by Gasteiger charge is -2.10. The Bertz CT molecular complexity index is 909. The SMILES string of the molecule is O=C(Nc1cccc(C(F)(F)F)c1)c1ccc(CSc2ccccc2)cc1. The maximum Gasteiger partial charge on any atom is 0.416 e. The maximum absolute atomic E-state index is 12.8. The lowest BCUT2D eigenvalue weighted by Crippen LogP contribution is -2.13. The normalized spacial score (nSPS) is 11.2. The Labute approximate surface area is 159 Å². The van der Waals surface area contributed by atoms with Gasteiger partial charge in [0.15, 0.2) is 0 Å². The molecule has 27 heavy (non-hydrogen) atoms. The highest BCUT2D eigenvalue weighted by atomic mass is 32.2. The first kappa shape index (κ1) is 19.0. The van der Waals surface area contributed by atoms with Gasteiger partial charge >= 0.3 is 6.18 Å². The smallest absolute Gasteiger partial charge is 0.322 e. The minimum Gasteiger partial charge on any atom is -0.322 e. The summed E-state index contributed by atoms with van der Waals surface area (Å²) in [6, 6.07) is 21.6. The lowest BCUT2D eigenvalue weighted by molar-refractivity contribution is -0.137. The minimum atomic E-state index is -4.45. The van der Waals surface area contributed by atoms with Crippen LogP contribution in [0.3, 0.4) is 0 Å². The number of amides is 1. The van der Waals surface area contributed by atoms with Crippen molar-refractivity contribution in [2.24, 2.45) is 0 Å². The van der Waals surface area contributed by atoms with Crippen LogP contribution in [0.2, 0.25) is 0 Å². The third kappa shape index (κ3) is 5.37. The second-order valence-electron chi connectivity index (χ2n) is 5.83. The van der Waals surface area contributed by atoms with Crippen LogP contribution in [0, 0.1) is 0 Å². The van der Waals surface area contributed by atoms with Gasteiger partial charge in [0.2, 0.25) is 0 Å². The van der Waals surface area contributed by atoms with Gasteiger partial charge in [-0.05, 0) is 48.0 Å². The van der Waals surface area contributed by atoms with Crippen molar-refractivity contribution in [3.8, 4) is 0 Å². The number of carbonyl (C=O) groups excluding carboxylic acids is 1. The van der Waals surface area contributed by atoms with Crippen molar-refractivity contribution >= 4 is 23.4 Å². The Hall–Kier alpha value is -2.73. The Morgan fingerprint density at radius 3 is 2.26 bits per heavy atom. The van der Waals surface area contributed by atoms with Gasteiger partial charge in [-0.25, -0.2) is 0 Å². The van der Waals surface area contributed by atoms with Crippen LogP contribution in [0.1, 0.15) is 21.5 Å². The summed E-state index contributed by atoms with van der Waals surface area (Å²) in [5, 5.41) is 2.50. The number of halogens is 3. The molecular weight excluding hydrogens is 371 g/mol. The fraction of sp³-hybridized carbons (Fsp3) is 0.0952. The highest BCUT2D eigenvalue weighted by molar-refractivity contribution is 7.98. The molecule has 3 rings (SSSR count). The van der Waals surface area contributed by atoms with Crippen LogP contribution in [0.15, 0.2) is 83.8 Å². The van der Waals surface area contributed by atoms with E-state index in [4.69, 9.17) is 0 Å². The maximum atomic E-state index is 12.8. The van der Waals surface area contributed by atoms with Crippen LogP contribution >= 0.6 is 11.8 Å². The standard InChI is InChI=1S/C21H16F3NOS/c22-21(23,24)17-5-4-6-18(13-17)25-20(26)16-11-9-15(10-12-16)14-27-19-7-2-1-3-8-19/h1-13H,14H2,(H,25,26). The number of anilines is 1. The van der Waals surface area contributed by atoms with Crippen molar-refractivity contribution in [1.29, 1.82) is 0 Å². The Morgan fingerprint density at radius 2 is 1.59 bits per heavy atom. The van der Waals surface area contributed by atoms with Gasteiger partial charge in [-0.2, -0.15) is 13.2 Å². The molecule has 0 heterocycles. The largest absolute Gasteiger partial charge is 0.416 e. The number of alkyl halides is 3. The first-order chi connectivity index (χ1) is 12.9. The molecule has 0 radical (unpaired) electrons. The zero-order chi connectivity index (χ0) is 19.3. The van der Waals surface area contributed by atoms with Crippen LogP contribution in [0.4, 0.5) is 18.9 Å². The van der Waals surface area contributed by atoms with Gasteiger partial charge in [-0.1, -0.05) is 36.4 Å². The van der Waals surface area contributed by atoms with Crippen LogP contribution in [-0.4, -0.2) is 5.91 Å². The Kier molecular flexibility index (Phi) is 5.86. The molecular formula is C21H16F3NOS. The average Bonchev–Trinajstić information content (AvgIpc) is 2.67. The molecule has 3 aromatic carbocycles. The van der Waals surface area contributed by atoms with Crippen molar-refractivity contribution in [3.05, 3.63) is 95.6 Å². The molecule has 0 unspecified atom stereocenters. The zero-order valence-corrected chi connectivity index (χ0v) is 15.0. The number of hydrogen-bond acceptors (Lipinski definition) is 2. The molecule has 0 aliphatic rings. The quantitative estimate of drug-likeness (QED) is 0.524. The molecule has 0 aliphatic carbocycles. The molecule has 0 fully saturated rings. The molecule has 6 heteroatoms. The van der Waals surface area contributed by atoms with E-state index in [1.54, 1.807) is 23.9 Å². The van der Waals surface area contributed by atoms with Crippen molar-refractivity contribution in [1.82, 2.24) is 0 Å². The van der Waals surface area contributed by atoms with Crippen LogP contribution < -0.4 is 5.32 Å². The van der Waals surface area contributed by atoms with Gasteiger partial charge in [0.1, 0.15) is 0 Å². The number of thioether (sulfide) groups is 1. The highest BCUT2D eigenvalue weighted by Gasteiger charge is 2.30. The first-order valence-electron chi connectivity index (χ1n) is 8.17. The molecule has 2 nitrogen and oxygen atoms in total. The summed E-state index contributed by atoms with van der Waals surface area (Å²) in [6.45, 7) is 0. The van der Waals surface area contributed by atoms with E-state index in [-0.39, 0.29) is 5.69 Å². The van der Waals surface area contributed by atoms with Gasteiger partial charge in [0, 0.05) is 21.9 Å². The van der Waals surface area contributed by atoms with Crippen LogP contribution in [0.5, 0.6) is 0 Å². The molecule has 138 valence electrons. The number of benzene rings is 3. The first-order valence-corrected chi connectivity index (χ1v) is 9.16. The zero-order valence-electron chi connectivity index (χ0n) is 14.2. The predicted molar refractivity (Wildman–Crippen MR) is 102 cm³/mol. The summed E-state index contributed by atoms with van der Waals surface area (Å²) in [5.74, 6) is 0.316. The predicted octanol–water partition coefficient (Wildman–Crippen LogP) is 6.25. The van der Waals surface area contributed by atoms with E-state index in [0.29, 0.717) is 5.56 Å². The van der Waals surface area contributed by atoms with Crippen molar-refractivity contribution in [3.63, 3.8) is 0 Å². The third-order valence-electron chi connectivity index (χ3n) is 3.81. The van der Waals surface area contributed by atoms with Gasteiger partial charge in [0.25, 0.3) is 5.91 Å². The fourth-order valence-corrected chi connectivity index (χ4v) is 3.29. The number of nitrogens with one attached hydrogen (secondary N) is 1. The Balaban J connectivity index is 1.62.